The number of anilines is 1. The van der Waals surface area contributed by atoms with Gasteiger partial charge in [0.05, 0.1) is 5.69 Å². The van der Waals surface area contributed by atoms with Crippen LogP contribution in [0.4, 0.5) is 5.82 Å². The van der Waals surface area contributed by atoms with E-state index in [1.54, 1.807) is 0 Å². The number of aromatic amines is 1. The number of benzene rings is 1. The number of nitrogens with zero attached hydrogens (tertiary/aromatic N) is 1. The van der Waals surface area contributed by atoms with Crippen LogP contribution in [0.15, 0.2) is 30.3 Å². The SMILES string of the molecule is CC(C)c1ccc(-c2cc(NC3CCNCC3)n[nH]2)cc1. The Morgan fingerprint density at radius 1 is 1.14 bits per heavy atom. The maximum absolute atomic E-state index is 4.39. The highest BCUT2D eigenvalue weighted by atomic mass is 15.2. The summed E-state index contributed by atoms with van der Waals surface area (Å²) in [5.41, 5.74) is 3.62. The first kappa shape index (κ1) is 14.1. The Morgan fingerprint density at radius 3 is 2.52 bits per heavy atom. The molecule has 1 aromatic carbocycles. The molecule has 21 heavy (non-hydrogen) atoms. The standard InChI is InChI=1S/C17H24N4/c1-12(2)13-3-5-14(6-4-13)16-11-17(21-20-16)19-15-7-9-18-10-8-15/h3-6,11-12,15,18H,7-10H2,1-2H3,(H2,19,20,21). The third-order valence-electron chi connectivity index (χ3n) is 4.16. The molecule has 0 radical (unpaired) electrons. The Hall–Kier alpha value is -1.81. The average molecular weight is 284 g/mol. The number of hydrogen-bond donors (Lipinski definition) is 3. The Bertz CT molecular complexity index is 565. The zero-order valence-electron chi connectivity index (χ0n) is 12.8. The van der Waals surface area contributed by atoms with E-state index in [9.17, 15) is 0 Å². The van der Waals surface area contributed by atoms with Gasteiger partial charge in [-0.05, 0) is 43.0 Å². The molecule has 2 aromatic rings. The van der Waals surface area contributed by atoms with Crippen LogP contribution in [-0.2, 0) is 0 Å². The van der Waals surface area contributed by atoms with Crippen molar-refractivity contribution in [2.45, 2.75) is 38.6 Å². The van der Waals surface area contributed by atoms with E-state index in [4.69, 9.17) is 0 Å². The summed E-state index contributed by atoms with van der Waals surface area (Å²) in [5.74, 6) is 1.52. The van der Waals surface area contributed by atoms with Gasteiger partial charge in [-0.25, -0.2) is 0 Å². The molecule has 1 saturated heterocycles. The predicted octanol–water partition coefficient (Wildman–Crippen LogP) is 3.36. The lowest BCUT2D eigenvalue weighted by atomic mass is 10.0. The summed E-state index contributed by atoms with van der Waals surface area (Å²) < 4.78 is 0. The van der Waals surface area contributed by atoms with E-state index in [1.165, 1.54) is 11.1 Å². The first-order valence-electron chi connectivity index (χ1n) is 7.85. The predicted molar refractivity (Wildman–Crippen MR) is 87.6 cm³/mol. The molecule has 1 aliphatic heterocycles. The molecule has 3 N–H and O–H groups in total. The van der Waals surface area contributed by atoms with E-state index in [0.29, 0.717) is 12.0 Å². The molecule has 1 fully saturated rings. The minimum atomic E-state index is 0.533. The van der Waals surface area contributed by atoms with Gasteiger partial charge in [0, 0.05) is 12.1 Å². The molecule has 4 heteroatoms. The van der Waals surface area contributed by atoms with Gasteiger partial charge in [-0.1, -0.05) is 38.1 Å². The number of rotatable bonds is 4. The fourth-order valence-corrected chi connectivity index (χ4v) is 2.77. The topological polar surface area (TPSA) is 52.7 Å². The van der Waals surface area contributed by atoms with Crippen LogP contribution in [0.5, 0.6) is 0 Å². The molecule has 112 valence electrons. The van der Waals surface area contributed by atoms with Gasteiger partial charge in [-0.3, -0.25) is 5.10 Å². The molecule has 0 spiro atoms. The number of piperidine rings is 1. The van der Waals surface area contributed by atoms with Gasteiger partial charge >= 0.3 is 0 Å². The largest absolute Gasteiger partial charge is 0.366 e. The second kappa shape index (κ2) is 6.31. The van der Waals surface area contributed by atoms with Crippen molar-refractivity contribution in [2.24, 2.45) is 0 Å². The average Bonchev–Trinajstić information content (AvgIpc) is 2.97. The highest BCUT2D eigenvalue weighted by Crippen LogP contribution is 2.23. The van der Waals surface area contributed by atoms with E-state index < -0.39 is 0 Å². The number of aromatic nitrogens is 2. The van der Waals surface area contributed by atoms with Crippen molar-refractivity contribution in [3.8, 4) is 11.3 Å². The van der Waals surface area contributed by atoms with Crippen LogP contribution in [-0.4, -0.2) is 29.3 Å². The summed E-state index contributed by atoms with van der Waals surface area (Å²) in [6.07, 6.45) is 2.32. The fourth-order valence-electron chi connectivity index (χ4n) is 2.77. The normalized spacial score (nSPS) is 16.3. The first-order valence-corrected chi connectivity index (χ1v) is 7.85. The van der Waals surface area contributed by atoms with Crippen molar-refractivity contribution in [3.63, 3.8) is 0 Å². The van der Waals surface area contributed by atoms with Crippen molar-refractivity contribution in [2.75, 3.05) is 18.4 Å². The number of hydrogen-bond acceptors (Lipinski definition) is 3. The summed E-state index contributed by atoms with van der Waals surface area (Å²) in [4.78, 5) is 0. The van der Waals surface area contributed by atoms with Crippen molar-refractivity contribution in [1.82, 2.24) is 15.5 Å². The molecule has 2 heterocycles. The molecule has 1 aliphatic rings. The lowest BCUT2D eigenvalue weighted by Gasteiger charge is -2.23. The van der Waals surface area contributed by atoms with E-state index in [1.807, 2.05) is 0 Å². The van der Waals surface area contributed by atoms with Crippen LogP contribution < -0.4 is 10.6 Å². The monoisotopic (exact) mass is 284 g/mol. The van der Waals surface area contributed by atoms with Crippen LogP contribution in [0.1, 0.15) is 38.2 Å². The van der Waals surface area contributed by atoms with Gasteiger partial charge in [0.1, 0.15) is 5.82 Å². The van der Waals surface area contributed by atoms with E-state index in [2.05, 4.69) is 65.0 Å². The summed E-state index contributed by atoms with van der Waals surface area (Å²) in [6.45, 7) is 6.61. The van der Waals surface area contributed by atoms with Gasteiger partial charge in [-0.2, -0.15) is 5.10 Å². The quantitative estimate of drug-likeness (QED) is 0.807. The smallest absolute Gasteiger partial charge is 0.148 e. The number of H-pyrrole nitrogens is 1. The van der Waals surface area contributed by atoms with Crippen molar-refractivity contribution in [1.29, 1.82) is 0 Å². The van der Waals surface area contributed by atoms with Crippen LogP contribution >= 0.6 is 0 Å². The van der Waals surface area contributed by atoms with E-state index >= 15 is 0 Å². The van der Waals surface area contributed by atoms with Crippen LogP contribution in [0, 0.1) is 0 Å². The number of nitrogens with one attached hydrogen (secondary N) is 3. The Balaban J connectivity index is 1.69. The highest BCUT2D eigenvalue weighted by Gasteiger charge is 2.14. The second-order valence-corrected chi connectivity index (χ2v) is 6.11. The molecule has 0 saturated carbocycles. The van der Waals surface area contributed by atoms with Crippen molar-refractivity contribution in [3.05, 3.63) is 35.9 Å². The zero-order chi connectivity index (χ0) is 14.7. The second-order valence-electron chi connectivity index (χ2n) is 6.11. The van der Waals surface area contributed by atoms with Crippen LogP contribution in [0.25, 0.3) is 11.3 Å². The Kier molecular flexibility index (Phi) is 4.25. The molecule has 1 aromatic heterocycles. The van der Waals surface area contributed by atoms with Gasteiger partial charge < -0.3 is 10.6 Å². The fraction of sp³-hybridized carbons (Fsp3) is 0.471. The third kappa shape index (κ3) is 3.45. The molecular weight excluding hydrogens is 260 g/mol. The van der Waals surface area contributed by atoms with Gasteiger partial charge in [-0.15, -0.1) is 0 Å². The molecule has 0 atom stereocenters. The molecule has 0 unspecified atom stereocenters. The zero-order valence-corrected chi connectivity index (χ0v) is 12.8. The van der Waals surface area contributed by atoms with E-state index in [-0.39, 0.29) is 0 Å². The minimum Gasteiger partial charge on any atom is -0.366 e. The van der Waals surface area contributed by atoms with Crippen LogP contribution in [0.2, 0.25) is 0 Å². The summed E-state index contributed by atoms with van der Waals surface area (Å²) in [6, 6.07) is 11.4. The first-order chi connectivity index (χ1) is 10.2. The van der Waals surface area contributed by atoms with Gasteiger partial charge in [0.25, 0.3) is 0 Å². The lowest BCUT2D eigenvalue weighted by Crippen LogP contribution is -2.35. The highest BCUT2D eigenvalue weighted by molar-refractivity contribution is 5.63. The molecule has 4 nitrogen and oxygen atoms in total. The van der Waals surface area contributed by atoms with Crippen molar-refractivity contribution < 1.29 is 0 Å². The molecule has 3 rings (SSSR count). The van der Waals surface area contributed by atoms with Crippen LogP contribution in [0.3, 0.4) is 0 Å². The van der Waals surface area contributed by atoms with Gasteiger partial charge in [0.15, 0.2) is 0 Å². The molecular formula is C17H24N4. The van der Waals surface area contributed by atoms with Gasteiger partial charge in [0.2, 0.25) is 0 Å². The molecule has 0 aliphatic carbocycles. The summed E-state index contributed by atoms with van der Waals surface area (Å²) >= 11 is 0. The molecule has 0 bridgehead atoms. The third-order valence-corrected chi connectivity index (χ3v) is 4.16. The minimum absolute atomic E-state index is 0.533. The summed E-state index contributed by atoms with van der Waals surface area (Å²) in [5, 5.41) is 14.4. The van der Waals surface area contributed by atoms with E-state index in [0.717, 1.165) is 37.4 Å². The lowest BCUT2D eigenvalue weighted by molar-refractivity contribution is 0.478. The maximum atomic E-state index is 4.39. The Morgan fingerprint density at radius 2 is 1.86 bits per heavy atom. The molecule has 0 amide bonds. The maximum Gasteiger partial charge on any atom is 0.148 e. The Labute approximate surface area is 126 Å². The van der Waals surface area contributed by atoms with Crippen molar-refractivity contribution >= 4 is 5.82 Å². The summed E-state index contributed by atoms with van der Waals surface area (Å²) in [7, 11) is 0.